The summed E-state index contributed by atoms with van der Waals surface area (Å²) in [6.45, 7) is 0. The van der Waals surface area contributed by atoms with Crippen LogP contribution in [-0.2, 0) is 0 Å². The number of amides is 1. The van der Waals surface area contributed by atoms with Crippen LogP contribution in [0.1, 0.15) is 10.4 Å². The second-order valence-electron chi connectivity index (χ2n) is 3.19. The summed E-state index contributed by atoms with van der Waals surface area (Å²) in [7, 11) is 0. The van der Waals surface area contributed by atoms with Crippen molar-refractivity contribution in [3.63, 3.8) is 0 Å². The van der Waals surface area contributed by atoms with Gasteiger partial charge in [-0.3, -0.25) is 4.79 Å². The van der Waals surface area contributed by atoms with Crippen molar-refractivity contribution in [1.29, 1.82) is 0 Å². The number of nitrogens with one attached hydrogen (secondary N) is 1. The fourth-order valence-electron chi connectivity index (χ4n) is 1.31. The molecule has 2 rings (SSSR count). The molecule has 0 bridgehead atoms. The zero-order valence-corrected chi connectivity index (χ0v) is 9.18. The molecule has 74 valence electrons. The average molecular weight is 204 g/mol. The Kier molecular flexibility index (Phi) is 4.85. The van der Waals surface area contributed by atoms with Gasteiger partial charge in [0.15, 0.2) is 0 Å². The minimum Gasteiger partial charge on any atom is -0.322 e. The molecule has 2 aromatic carbocycles. The van der Waals surface area contributed by atoms with E-state index in [-0.39, 0.29) is 24.8 Å². The summed E-state index contributed by atoms with van der Waals surface area (Å²) in [4.78, 5) is 11.7. The molecule has 0 atom stereocenters. The number of rotatable bonds is 2. The normalized spacial score (nSPS) is 9.00. The molecular formula is C13H11LiNO+. The smallest absolute Gasteiger partial charge is 0.322 e. The molecule has 3 heteroatoms. The third kappa shape index (κ3) is 3.27. The average Bonchev–Trinajstić information content (AvgIpc) is 2.31. The molecule has 0 heterocycles. The zero-order valence-electron chi connectivity index (χ0n) is 9.18. The van der Waals surface area contributed by atoms with Crippen molar-refractivity contribution in [2.75, 3.05) is 5.32 Å². The SMILES string of the molecule is O=C(Nc1ccccc1)c1ccccc1.[Li+]. The Hall–Kier alpha value is -1.49. The molecule has 0 fully saturated rings. The Morgan fingerprint density at radius 1 is 0.812 bits per heavy atom. The molecule has 0 aliphatic rings. The Labute approximate surface area is 107 Å². The van der Waals surface area contributed by atoms with Crippen LogP contribution < -0.4 is 24.2 Å². The maximum atomic E-state index is 11.7. The van der Waals surface area contributed by atoms with E-state index in [0.29, 0.717) is 5.56 Å². The van der Waals surface area contributed by atoms with Gasteiger partial charge in [0, 0.05) is 11.3 Å². The van der Waals surface area contributed by atoms with E-state index < -0.39 is 0 Å². The van der Waals surface area contributed by atoms with E-state index in [1.165, 1.54) is 0 Å². The molecule has 1 N–H and O–H groups in total. The number of carbonyl (C=O) groups excluding carboxylic acids is 1. The molecule has 1 amide bonds. The Balaban J connectivity index is 0.00000128. The molecular weight excluding hydrogens is 193 g/mol. The summed E-state index contributed by atoms with van der Waals surface area (Å²) in [6, 6.07) is 18.6. The summed E-state index contributed by atoms with van der Waals surface area (Å²) in [5.74, 6) is -0.0817. The van der Waals surface area contributed by atoms with Crippen molar-refractivity contribution < 1.29 is 23.7 Å². The first-order chi connectivity index (χ1) is 7.36. The van der Waals surface area contributed by atoms with Gasteiger partial charge >= 0.3 is 18.9 Å². The van der Waals surface area contributed by atoms with E-state index in [0.717, 1.165) is 5.69 Å². The van der Waals surface area contributed by atoms with Crippen LogP contribution in [0.3, 0.4) is 0 Å². The van der Waals surface area contributed by atoms with Crippen LogP contribution in [-0.4, -0.2) is 5.91 Å². The molecule has 0 aromatic heterocycles. The van der Waals surface area contributed by atoms with Gasteiger partial charge in [0.05, 0.1) is 0 Å². The summed E-state index contributed by atoms with van der Waals surface area (Å²) in [5.41, 5.74) is 1.48. The number of anilines is 1. The molecule has 16 heavy (non-hydrogen) atoms. The first-order valence-electron chi connectivity index (χ1n) is 4.78. The number of carbonyl (C=O) groups is 1. The maximum Gasteiger partial charge on any atom is 1.00 e. The third-order valence-electron chi connectivity index (χ3n) is 2.07. The Bertz CT molecular complexity index is 442. The summed E-state index contributed by atoms with van der Waals surface area (Å²) < 4.78 is 0. The summed E-state index contributed by atoms with van der Waals surface area (Å²) in [5, 5.41) is 2.82. The van der Waals surface area contributed by atoms with Crippen molar-refractivity contribution in [1.82, 2.24) is 0 Å². The van der Waals surface area contributed by atoms with E-state index in [1.807, 2.05) is 48.5 Å². The predicted molar refractivity (Wildman–Crippen MR) is 60.8 cm³/mol. The number of benzene rings is 2. The van der Waals surface area contributed by atoms with Crippen LogP contribution in [0.15, 0.2) is 60.7 Å². The number of hydrogen-bond acceptors (Lipinski definition) is 1. The van der Waals surface area contributed by atoms with Crippen molar-refractivity contribution in [2.45, 2.75) is 0 Å². The van der Waals surface area contributed by atoms with Crippen LogP contribution in [0, 0.1) is 0 Å². The van der Waals surface area contributed by atoms with Crippen LogP contribution in [0.4, 0.5) is 5.69 Å². The van der Waals surface area contributed by atoms with Crippen LogP contribution in [0.2, 0.25) is 0 Å². The van der Waals surface area contributed by atoms with Gasteiger partial charge in [0.25, 0.3) is 5.91 Å². The summed E-state index contributed by atoms with van der Waals surface area (Å²) in [6.07, 6.45) is 0. The van der Waals surface area contributed by atoms with E-state index in [9.17, 15) is 4.79 Å². The fourth-order valence-corrected chi connectivity index (χ4v) is 1.31. The van der Waals surface area contributed by atoms with E-state index in [1.54, 1.807) is 12.1 Å². The number of hydrogen-bond donors (Lipinski definition) is 1. The molecule has 2 nitrogen and oxygen atoms in total. The van der Waals surface area contributed by atoms with E-state index >= 15 is 0 Å². The molecule has 0 radical (unpaired) electrons. The molecule has 0 spiro atoms. The van der Waals surface area contributed by atoms with Gasteiger partial charge in [-0.05, 0) is 24.3 Å². The second-order valence-corrected chi connectivity index (χ2v) is 3.19. The van der Waals surface area contributed by atoms with Crippen LogP contribution >= 0.6 is 0 Å². The van der Waals surface area contributed by atoms with Crippen molar-refractivity contribution in [3.8, 4) is 0 Å². The predicted octanol–water partition coefficient (Wildman–Crippen LogP) is -0.0571. The van der Waals surface area contributed by atoms with E-state index in [2.05, 4.69) is 5.32 Å². The van der Waals surface area contributed by atoms with Gasteiger partial charge in [0.1, 0.15) is 0 Å². The van der Waals surface area contributed by atoms with Crippen molar-refractivity contribution >= 4 is 11.6 Å². The first kappa shape index (κ1) is 12.6. The van der Waals surface area contributed by atoms with Gasteiger partial charge in [-0.15, -0.1) is 0 Å². The molecule has 0 aliphatic carbocycles. The van der Waals surface area contributed by atoms with E-state index in [4.69, 9.17) is 0 Å². The van der Waals surface area contributed by atoms with Crippen LogP contribution in [0.5, 0.6) is 0 Å². The van der Waals surface area contributed by atoms with Gasteiger partial charge in [-0.2, -0.15) is 0 Å². The van der Waals surface area contributed by atoms with Gasteiger partial charge in [-0.25, -0.2) is 0 Å². The maximum absolute atomic E-state index is 11.7. The van der Waals surface area contributed by atoms with Crippen LogP contribution in [0.25, 0.3) is 0 Å². The molecule has 0 aliphatic heterocycles. The Morgan fingerprint density at radius 2 is 1.31 bits per heavy atom. The van der Waals surface area contributed by atoms with Gasteiger partial charge < -0.3 is 5.32 Å². The molecule has 0 saturated carbocycles. The fraction of sp³-hybridized carbons (Fsp3) is 0. The quantitative estimate of drug-likeness (QED) is 0.682. The first-order valence-corrected chi connectivity index (χ1v) is 4.78. The molecule has 0 saturated heterocycles. The van der Waals surface area contributed by atoms with Gasteiger partial charge in [0.2, 0.25) is 0 Å². The third-order valence-corrected chi connectivity index (χ3v) is 2.07. The van der Waals surface area contributed by atoms with Crippen molar-refractivity contribution in [2.24, 2.45) is 0 Å². The molecule has 0 unspecified atom stereocenters. The second kappa shape index (κ2) is 6.17. The molecule has 2 aromatic rings. The van der Waals surface area contributed by atoms with Gasteiger partial charge in [-0.1, -0.05) is 36.4 Å². The number of para-hydroxylation sites is 1. The minimum absolute atomic E-state index is 0. The van der Waals surface area contributed by atoms with Crippen molar-refractivity contribution in [3.05, 3.63) is 66.2 Å². The summed E-state index contributed by atoms with van der Waals surface area (Å²) >= 11 is 0. The minimum atomic E-state index is -0.0817. The zero-order chi connectivity index (χ0) is 10.5. The topological polar surface area (TPSA) is 29.1 Å². The Morgan fingerprint density at radius 3 is 1.88 bits per heavy atom. The monoisotopic (exact) mass is 204 g/mol. The largest absolute Gasteiger partial charge is 1.00 e. The standard InChI is InChI=1S/C13H11NO.Li/c15-13(11-7-3-1-4-8-11)14-12-9-5-2-6-10-12;/h1-10H,(H,14,15);/q;+1.